The number of fused-ring (bicyclic) bond motifs is 1. The van der Waals surface area contributed by atoms with Crippen LogP contribution in [0.3, 0.4) is 0 Å². The van der Waals surface area contributed by atoms with Crippen LogP contribution >= 0.6 is 0 Å². The van der Waals surface area contributed by atoms with Crippen molar-refractivity contribution in [3.63, 3.8) is 0 Å². The Morgan fingerprint density at radius 1 is 1.09 bits per heavy atom. The molecule has 0 aliphatic carbocycles. The van der Waals surface area contributed by atoms with Crippen molar-refractivity contribution in [3.05, 3.63) is 77.0 Å². The van der Waals surface area contributed by atoms with Gasteiger partial charge in [-0.1, -0.05) is 45.0 Å². The minimum atomic E-state index is -1.23. The molecule has 1 unspecified atom stereocenters. The van der Waals surface area contributed by atoms with Crippen LogP contribution < -0.4 is 9.47 Å². The maximum absolute atomic E-state index is 12.4. The van der Waals surface area contributed by atoms with Gasteiger partial charge in [0.15, 0.2) is 0 Å². The van der Waals surface area contributed by atoms with Crippen LogP contribution in [0.2, 0.25) is 0 Å². The molecule has 1 fully saturated rings. The van der Waals surface area contributed by atoms with Crippen LogP contribution in [-0.4, -0.2) is 46.9 Å². The molecule has 5 rings (SSSR count). The molecular weight excluding hydrogens is 426 g/mol. The van der Waals surface area contributed by atoms with Crippen molar-refractivity contribution in [1.29, 1.82) is 0 Å². The van der Waals surface area contributed by atoms with E-state index in [0.717, 1.165) is 49.4 Å². The molecule has 34 heavy (non-hydrogen) atoms. The standard InChI is InChI=1S/C28H33N3O3/c1-19(2)20-7-9-22(10-8-20)28(32,27(3)17-31(4)18-27)23-15-26(30-29-16-23)34-24-11-12-25-21(14-24)6-5-13-33-25/h7-12,14-16,19,32H,5-6,13,17-18H2,1-4H3. The summed E-state index contributed by atoms with van der Waals surface area (Å²) in [7, 11) is 2.07. The predicted octanol–water partition coefficient (Wildman–Crippen LogP) is 4.90. The second kappa shape index (κ2) is 8.67. The first-order valence-electron chi connectivity index (χ1n) is 12.1. The van der Waals surface area contributed by atoms with Gasteiger partial charge in [-0.2, -0.15) is 5.10 Å². The van der Waals surface area contributed by atoms with Gasteiger partial charge in [0, 0.05) is 30.1 Å². The topological polar surface area (TPSA) is 67.7 Å². The largest absolute Gasteiger partial charge is 0.493 e. The number of aromatic nitrogens is 2. The highest BCUT2D eigenvalue weighted by molar-refractivity contribution is 5.44. The fourth-order valence-corrected chi connectivity index (χ4v) is 5.46. The minimum absolute atomic E-state index is 0.364. The summed E-state index contributed by atoms with van der Waals surface area (Å²) in [5, 5.41) is 20.8. The van der Waals surface area contributed by atoms with E-state index >= 15 is 0 Å². The summed E-state index contributed by atoms with van der Waals surface area (Å²) in [4.78, 5) is 2.22. The van der Waals surface area contributed by atoms with Crippen LogP contribution in [0, 0.1) is 5.41 Å². The molecule has 0 spiro atoms. The van der Waals surface area contributed by atoms with Gasteiger partial charge in [0.2, 0.25) is 5.88 Å². The summed E-state index contributed by atoms with van der Waals surface area (Å²) in [5.41, 5.74) is 2.33. The van der Waals surface area contributed by atoms with E-state index in [1.807, 2.05) is 36.4 Å². The van der Waals surface area contributed by atoms with Crippen LogP contribution in [0.5, 0.6) is 17.4 Å². The molecule has 0 saturated carbocycles. The first-order chi connectivity index (χ1) is 16.3. The maximum atomic E-state index is 12.4. The van der Waals surface area contributed by atoms with Crippen molar-refractivity contribution < 1.29 is 14.6 Å². The zero-order valence-corrected chi connectivity index (χ0v) is 20.4. The Labute approximate surface area is 201 Å². The monoisotopic (exact) mass is 459 g/mol. The molecule has 3 heterocycles. The highest BCUT2D eigenvalue weighted by Gasteiger charge is 2.55. The number of aliphatic hydroxyl groups is 1. The van der Waals surface area contributed by atoms with Gasteiger partial charge < -0.3 is 19.5 Å². The lowest BCUT2D eigenvalue weighted by atomic mass is 9.62. The lowest BCUT2D eigenvalue weighted by molar-refractivity contribution is -0.127. The Hall–Kier alpha value is -2.96. The SMILES string of the molecule is CC(C)c1ccc(C(O)(c2cnnc(Oc3ccc4c(c3)CCCO4)c2)C2(C)CN(C)C2)cc1. The molecule has 0 bridgehead atoms. The Balaban J connectivity index is 1.50. The molecular formula is C28H33N3O3. The van der Waals surface area contributed by atoms with Gasteiger partial charge >= 0.3 is 0 Å². The minimum Gasteiger partial charge on any atom is -0.493 e. The van der Waals surface area contributed by atoms with E-state index in [4.69, 9.17) is 9.47 Å². The van der Waals surface area contributed by atoms with Gasteiger partial charge in [0.05, 0.1) is 12.8 Å². The van der Waals surface area contributed by atoms with Crippen molar-refractivity contribution in [2.24, 2.45) is 5.41 Å². The average Bonchev–Trinajstić information content (AvgIpc) is 2.82. The molecule has 1 aromatic heterocycles. The Morgan fingerprint density at radius 3 is 2.56 bits per heavy atom. The van der Waals surface area contributed by atoms with Gasteiger partial charge in [-0.15, -0.1) is 5.10 Å². The zero-order valence-electron chi connectivity index (χ0n) is 20.4. The number of likely N-dealkylation sites (tertiary alicyclic amines) is 1. The number of aryl methyl sites for hydroxylation is 1. The fourth-order valence-electron chi connectivity index (χ4n) is 5.46. The molecule has 0 radical (unpaired) electrons. The fraction of sp³-hybridized carbons (Fsp3) is 0.429. The third kappa shape index (κ3) is 3.95. The molecule has 2 aliphatic rings. The van der Waals surface area contributed by atoms with E-state index in [2.05, 4.69) is 55.0 Å². The Kier molecular flexibility index (Phi) is 5.82. The number of ether oxygens (including phenoxy) is 2. The highest BCUT2D eigenvalue weighted by Crippen LogP contribution is 2.50. The number of nitrogens with zero attached hydrogens (tertiary/aromatic N) is 3. The van der Waals surface area contributed by atoms with Gasteiger partial charge in [-0.25, -0.2) is 0 Å². The Bertz CT molecular complexity index is 1170. The molecule has 6 heteroatoms. The van der Waals surface area contributed by atoms with Gasteiger partial charge in [-0.3, -0.25) is 0 Å². The summed E-state index contributed by atoms with van der Waals surface area (Å²) in [6.45, 7) is 8.79. The van der Waals surface area contributed by atoms with E-state index in [-0.39, 0.29) is 5.41 Å². The quantitative estimate of drug-likeness (QED) is 0.565. The number of rotatable bonds is 6. The lowest BCUT2D eigenvalue weighted by Crippen LogP contribution is -2.63. The predicted molar refractivity (Wildman–Crippen MR) is 131 cm³/mol. The Morgan fingerprint density at radius 2 is 1.85 bits per heavy atom. The molecule has 3 aromatic rings. The van der Waals surface area contributed by atoms with Crippen molar-refractivity contribution in [3.8, 4) is 17.4 Å². The van der Waals surface area contributed by atoms with Crippen molar-refractivity contribution in [2.75, 3.05) is 26.7 Å². The van der Waals surface area contributed by atoms with Gasteiger partial charge in [-0.05, 0) is 60.7 Å². The number of benzene rings is 2. The molecule has 178 valence electrons. The second-order valence-corrected chi connectivity index (χ2v) is 10.3. The number of hydrogen-bond acceptors (Lipinski definition) is 6. The number of hydrogen-bond donors (Lipinski definition) is 1. The highest BCUT2D eigenvalue weighted by atomic mass is 16.5. The van der Waals surface area contributed by atoms with E-state index in [0.29, 0.717) is 23.1 Å². The molecule has 6 nitrogen and oxygen atoms in total. The summed E-state index contributed by atoms with van der Waals surface area (Å²) < 4.78 is 11.8. The summed E-state index contributed by atoms with van der Waals surface area (Å²) in [6.07, 6.45) is 3.63. The molecule has 1 N–H and O–H groups in total. The van der Waals surface area contributed by atoms with Crippen LogP contribution in [-0.2, 0) is 12.0 Å². The van der Waals surface area contributed by atoms with E-state index in [1.54, 1.807) is 6.20 Å². The summed E-state index contributed by atoms with van der Waals surface area (Å²) in [6, 6.07) is 16.0. The van der Waals surface area contributed by atoms with Crippen molar-refractivity contribution in [1.82, 2.24) is 15.1 Å². The van der Waals surface area contributed by atoms with Crippen LogP contribution in [0.25, 0.3) is 0 Å². The third-order valence-electron chi connectivity index (χ3n) is 7.26. The van der Waals surface area contributed by atoms with E-state index < -0.39 is 5.60 Å². The van der Waals surface area contributed by atoms with Crippen LogP contribution in [0.1, 0.15) is 55.4 Å². The van der Waals surface area contributed by atoms with Gasteiger partial charge in [0.25, 0.3) is 0 Å². The molecule has 2 aliphatic heterocycles. The first kappa shape index (κ1) is 22.8. The third-order valence-corrected chi connectivity index (χ3v) is 7.26. The van der Waals surface area contributed by atoms with E-state index in [1.165, 1.54) is 5.56 Å². The summed E-state index contributed by atoms with van der Waals surface area (Å²) in [5.74, 6) is 2.40. The van der Waals surface area contributed by atoms with Crippen LogP contribution in [0.4, 0.5) is 0 Å². The second-order valence-electron chi connectivity index (χ2n) is 10.3. The molecule has 0 amide bonds. The molecule has 1 atom stereocenters. The van der Waals surface area contributed by atoms with E-state index in [9.17, 15) is 5.11 Å². The molecule has 1 saturated heterocycles. The zero-order chi connectivity index (χ0) is 23.9. The first-order valence-corrected chi connectivity index (χ1v) is 12.1. The molecule has 2 aromatic carbocycles. The smallest absolute Gasteiger partial charge is 0.239 e. The average molecular weight is 460 g/mol. The lowest BCUT2D eigenvalue weighted by Gasteiger charge is -2.55. The maximum Gasteiger partial charge on any atom is 0.239 e. The van der Waals surface area contributed by atoms with Crippen molar-refractivity contribution >= 4 is 0 Å². The normalized spacial score (nSPS) is 19.0. The van der Waals surface area contributed by atoms with Crippen molar-refractivity contribution in [2.45, 2.75) is 45.1 Å². The summed E-state index contributed by atoms with van der Waals surface area (Å²) >= 11 is 0. The van der Waals surface area contributed by atoms with Crippen LogP contribution in [0.15, 0.2) is 54.7 Å². The van der Waals surface area contributed by atoms with Gasteiger partial charge in [0.1, 0.15) is 17.1 Å².